The molecule has 0 unspecified atom stereocenters. The van der Waals surface area contributed by atoms with E-state index in [0.29, 0.717) is 41.4 Å². The van der Waals surface area contributed by atoms with Crippen molar-refractivity contribution < 1.29 is 33.6 Å². The summed E-state index contributed by atoms with van der Waals surface area (Å²) in [5.41, 5.74) is 0.932. The molecule has 34 heavy (non-hydrogen) atoms. The Morgan fingerprint density at radius 2 is 1.71 bits per heavy atom. The summed E-state index contributed by atoms with van der Waals surface area (Å²) in [5.74, 6) is -0.199. The van der Waals surface area contributed by atoms with E-state index in [1.807, 2.05) is 13.8 Å². The van der Waals surface area contributed by atoms with Gasteiger partial charge in [-0.2, -0.15) is 0 Å². The number of nitrogens with zero attached hydrogens (tertiary/aromatic N) is 1. The molecule has 8 nitrogen and oxygen atoms in total. The van der Waals surface area contributed by atoms with Crippen LogP contribution >= 0.6 is 0 Å². The highest BCUT2D eigenvalue weighted by Gasteiger charge is 2.46. The van der Waals surface area contributed by atoms with Gasteiger partial charge < -0.3 is 29.0 Å². The number of hydrogen-bond acceptors (Lipinski definition) is 7. The molecule has 3 rings (SSSR count). The molecule has 1 atom stereocenters. The Morgan fingerprint density at radius 3 is 2.35 bits per heavy atom. The first-order valence-corrected chi connectivity index (χ1v) is 11.1. The number of ether oxygens (including phenoxy) is 4. The van der Waals surface area contributed by atoms with Crippen molar-refractivity contribution in [3.05, 3.63) is 59.2 Å². The molecule has 1 amide bonds. The van der Waals surface area contributed by atoms with E-state index in [9.17, 15) is 14.7 Å². The summed E-state index contributed by atoms with van der Waals surface area (Å²) >= 11 is 0. The Labute approximate surface area is 199 Å². The van der Waals surface area contributed by atoms with Crippen molar-refractivity contribution in [2.75, 3.05) is 34.5 Å². The second-order valence-corrected chi connectivity index (χ2v) is 8.11. The van der Waals surface area contributed by atoms with Gasteiger partial charge >= 0.3 is 0 Å². The van der Waals surface area contributed by atoms with E-state index >= 15 is 0 Å². The number of likely N-dealkylation sites (tertiary alicyclic amines) is 1. The number of aliphatic hydroxyl groups is 1. The number of hydrogen-bond donors (Lipinski definition) is 1. The molecular formula is C26H31NO7. The highest BCUT2D eigenvalue weighted by atomic mass is 16.5. The van der Waals surface area contributed by atoms with Crippen LogP contribution in [0.15, 0.2) is 48.0 Å². The molecule has 2 aromatic carbocycles. The minimum atomic E-state index is -0.842. The van der Waals surface area contributed by atoms with E-state index in [1.165, 1.54) is 26.2 Å². The number of methoxy groups -OCH3 is 3. The molecule has 1 heterocycles. The third-order valence-corrected chi connectivity index (χ3v) is 5.61. The number of carbonyl (C=O) groups excluding carboxylic acids is 2. The maximum Gasteiger partial charge on any atom is 0.295 e. The van der Waals surface area contributed by atoms with Gasteiger partial charge in [0.1, 0.15) is 23.0 Å². The predicted molar refractivity (Wildman–Crippen MR) is 127 cm³/mol. The lowest BCUT2D eigenvalue weighted by Gasteiger charge is -2.27. The zero-order valence-corrected chi connectivity index (χ0v) is 20.2. The van der Waals surface area contributed by atoms with Crippen LogP contribution < -0.4 is 14.2 Å². The highest BCUT2D eigenvalue weighted by molar-refractivity contribution is 6.46. The fourth-order valence-corrected chi connectivity index (χ4v) is 3.96. The fraction of sp³-hybridized carbons (Fsp3) is 0.385. The lowest BCUT2D eigenvalue weighted by atomic mass is 9.94. The molecule has 8 heteroatoms. The smallest absolute Gasteiger partial charge is 0.295 e. The van der Waals surface area contributed by atoms with Gasteiger partial charge in [-0.15, -0.1) is 0 Å². The van der Waals surface area contributed by atoms with Crippen LogP contribution in [-0.2, 0) is 14.3 Å². The standard InChI is InChI=1S/C26H31NO7/c1-16(2)34-13-7-12-27-23(20-11-10-19(32-4)15-21(20)33-5)22(25(29)26(27)30)24(28)17-8-6-9-18(14-17)31-3/h6,8-11,14-16,23,28H,7,12-13H2,1-5H3/t23-/m1/s1. The molecule has 2 aromatic rings. The molecule has 0 saturated carbocycles. The van der Waals surface area contributed by atoms with Crippen molar-refractivity contribution >= 4 is 17.4 Å². The van der Waals surface area contributed by atoms with Gasteiger partial charge in [0.25, 0.3) is 11.7 Å². The SMILES string of the molecule is COc1cccc(C(O)=C2C(=O)C(=O)N(CCCOC(C)C)[C@@H]2c2ccc(OC)cc2OC)c1. The van der Waals surface area contributed by atoms with E-state index in [1.54, 1.807) is 42.5 Å². The summed E-state index contributed by atoms with van der Waals surface area (Å²) in [6.45, 7) is 4.57. The molecule has 1 aliphatic heterocycles. The van der Waals surface area contributed by atoms with Gasteiger partial charge in [-0.25, -0.2) is 0 Å². The summed E-state index contributed by atoms with van der Waals surface area (Å²) in [4.78, 5) is 27.8. The zero-order valence-electron chi connectivity index (χ0n) is 20.2. The second-order valence-electron chi connectivity index (χ2n) is 8.11. The van der Waals surface area contributed by atoms with Gasteiger partial charge in [-0.3, -0.25) is 9.59 Å². The summed E-state index contributed by atoms with van der Waals surface area (Å²) in [6.07, 6.45) is 0.584. The average Bonchev–Trinajstić information content (AvgIpc) is 3.10. The maximum absolute atomic E-state index is 13.2. The van der Waals surface area contributed by atoms with Gasteiger partial charge in [0.15, 0.2) is 0 Å². The van der Waals surface area contributed by atoms with Crippen LogP contribution in [0.25, 0.3) is 5.76 Å². The van der Waals surface area contributed by atoms with Gasteiger partial charge in [-0.1, -0.05) is 12.1 Å². The van der Waals surface area contributed by atoms with Crippen LogP contribution in [0.5, 0.6) is 17.2 Å². The number of benzene rings is 2. The van der Waals surface area contributed by atoms with Gasteiger partial charge in [0, 0.05) is 30.3 Å². The number of amides is 1. The number of ketones is 1. The van der Waals surface area contributed by atoms with Gasteiger partial charge in [0.05, 0.1) is 39.0 Å². The van der Waals surface area contributed by atoms with Crippen LogP contribution in [0.2, 0.25) is 0 Å². The van der Waals surface area contributed by atoms with Gasteiger partial charge in [-0.05, 0) is 44.5 Å². The van der Waals surface area contributed by atoms with Crippen LogP contribution in [-0.4, -0.2) is 62.3 Å². The molecule has 1 N–H and O–H groups in total. The van der Waals surface area contributed by atoms with E-state index in [2.05, 4.69) is 0 Å². The van der Waals surface area contributed by atoms with Crippen molar-refractivity contribution in [1.82, 2.24) is 4.90 Å². The third-order valence-electron chi connectivity index (χ3n) is 5.61. The Bertz CT molecular complexity index is 1080. The first-order valence-electron chi connectivity index (χ1n) is 11.1. The molecule has 1 aliphatic rings. The van der Waals surface area contributed by atoms with Crippen molar-refractivity contribution in [3.63, 3.8) is 0 Å². The molecule has 0 spiro atoms. The number of Topliss-reactive ketones (excluding diaryl/α,β-unsaturated/α-hetero) is 1. The lowest BCUT2D eigenvalue weighted by molar-refractivity contribution is -0.140. The summed E-state index contributed by atoms with van der Waals surface area (Å²) < 4.78 is 21.7. The molecule has 0 aromatic heterocycles. The van der Waals surface area contributed by atoms with Crippen molar-refractivity contribution in [2.45, 2.75) is 32.4 Å². The molecule has 182 valence electrons. The Kier molecular flexibility index (Phi) is 8.17. The largest absolute Gasteiger partial charge is 0.507 e. The fourth-order valence-electron chi connectivity index (χ4n) is 3.96. The molecule has 0 bridgehead atoms. The summed E-state index contributed by atoms with van der Waals surface area (Å²) in [6, 6.07) is 11.0. The summed E-state index contributed by atoms with van der Waals surface area (Å²) in [7, 11) is 4.56. The van der Waals surface area contributed by atoms with Crippen molar-refractivity contribution in [3.8, 4) is 17.2 Å². The van der Waals surface area contributed by atoms with E-state index in [-0.39, 0.29) is 24.0 Å². The minimum Gasteiger partial charge on any atom is -0.507 e. The molecule has 0 radical (unpaired) electrons. The highest BCUT2D eigenvalue weighted by Crippen LogP contribution is 2.43. The van der Waals surface area contributed by atoms with Crippen molar-refractivity contribution in [2.24, 2.45) is 0 Å². The monoisotopic (exact) mass is 469 g/mol. The predicted octanol–water partition coefficient (Wildman–Crippen LogP) is 3.95. The topological polar surface area (TPSA) is 94.5 Å². The summed E-state index contributed by atoms with van der Waals surface area (Å²) in [5, 5.41) is 11.2. The van der Waals surface area contributed by atoms with Crippen LogP contribution in [0.3, 0.4) is 0 Å². The van der Waals surface area contributed by atoms with Crippen molar-refractivity contribution in [1.29, 1.82) is 0 Å². The van der Waals surface area contributed by atoms with E-state index in [4.69, 9.17) is 18.9 Å². The second kappa shape index (κ2) is 11.1. The van der Waals surface area contributed by atoms with Crippen LogP contribution in [0.1, 0.15) is 37.4 Å². The molecule has 0 aliphatic carbocycles. The molecular weight excluding hydrogens is 438 g/mol. The van der Waals surface area contributed by atoms with Gasteiger partial charge in [0.2, 0.25) is 0 Å². The molecule has 1 saturated heterocycles. The zero-order chi connectivity index (χ0) is 24.8. The average molecular weight is 470 g/mol. The van der Waals surface area contributed by atoms with E-state index in [0.717, 1.165) is 0 Å². The maximum atomic E-state index is 13.2. The third kappa shape index (κ3) is 5.17. The Balaban J connectivity index is 2.13. The first-order chi connectivity index (χ1) is 16.3. The lowest BCUT2D eigenvalue weighted by Crippen LogP contribution is -2.31. The van der Waals surface area contributed by atoms with Crippen LogP contribution in [0.4, 0.5) is 0 Å². The quantitative estimate of drug-likeness (QED) is 0.244. The normalized spacial score (nSPS) is 17.4. The minimum absolute atomic E-state index is 0.00787. The van der Waals surface area contributed by atoms with Crippen LogP contribution in [0, 0.1) is 0 Å². The first kappa shape index (κ1) is 25.1. The number of aliphatic hydroxyl groups excluding tert-OH is 1. The Hall–Kier alpha value is -3.52. The van der Waals surface area contributed by atoms with E-state index < -0.39 is 17.7 Å². The number of rotatable bonds is 10. The Morgan fingerprint density at radius 1 is 1.00 bits per heavy atom. The number of carbonyl (C=O) groups is 2. The molecule has 1 fully saturated rings.